The molecule has 0 aliphatic rings. The van der Waals surface area contributed by atoms with Crippen molar-refractivity contribution in [1.29, 1.82) is 0 Å². The molecule has 6 nitrogen and oxygen atoms in total. The van der Waals surface area contributed by atoms with Gasteiger partial charge in [0.1, 0.15) is 5.78 Å². The van der Waals surface area contributed by atoms with E-state index in [1.54, 1.807) is 60.9 Å². The topological polar surface area (TPSA) is 84.2 Å². The minimum Gasteiger partial charge on any atom is -1.00 e. The van der Waals surface area contributed by atoms with Gasteiger partial charge < -0.3 is 27.1 Å². The lowest BCUT2D eigenvalue weighted by atomic mass is 10.2. The number of rotatable bonds is 5. The lowest BCUT2D eigenvalue weighted by Crippen LogP contribution is -3.00. The van der Waals surface area contributed by atoms with E-state index < -0.39 is 10.2 Å². The van der Waals surface area contributed by atoms with Gasteiger partial charge in [-0.1, -0.05) is 30.3 Å². The number of nitrogens with one attached hydrogen (secondary N) is 1. The number of carbonyl (C=O) groups excluding carboxylic acids is 2. The van der Waals surface area contributed by atoms with Crippen molar-refractivity contribution in [2.75, 3.05) is 5.32 Å². The summed E-state index contributed by atoms with van der Waals surface area (Å²) in [5, 5.41) is 2.81. The van der Waals surface area contributed by atoms with Crippen LogP contribution in [0.5, 0.6) is 0 Å². The van der Waals surface area contributed by atoms with Crippen molar-refractivity contribution in [1.82, 2.24) is 0 Å². The number of halogens is 2. The molecule has 1 heterocycles. The van der Waals surface area contributed by atoms with E-state index in [0.29, 0.717) is 17.8 Å². The number of hydrogen-bond donors (Lipinski definition) is 1. The fraction of sp³-hybridized carbons (Fsp3) is 0.136. The van der Waals surface area contributed by atoms with Crippen molar-refractivity contribution in [2.24, 2.45) is 0 Å². The van der Waals surface area contributed by atoms with Crippen LogP contribution in [-0.4, -0.2) is 20.1 Å². The second kappa shape index (κ2) is 12.1. The van der Waals surface area contributed by atoms with Gasteiger partial charge in [-0.2, -0.15) is 8.42 Å². The maximum absolute atomic E-state index is 12.9. The minimum absolute atomic E-state index is 0. The van der Waals surface area contributed by atoms with Crippen LogP contribution in [0.2, 0.25) is 0 Å². The van der Waals surface area contributed by atoms with Gasteiger partial charge in [0.25, 0.3) is 5.91 Å². The molecule has 0 bridgehead atoms. The maximum Gasteiger partial charge on any atom is 0.332 e. The number of nitrogens with zero attached hydrogens (tertiary/aromatic N) is 1. The van der Waals surface area contributed by atoms with Crippen LogP contribution in [0.3, 0.4) is 0 Å². The third kappa shape index (κ3) is 9.18. The van der Waals surface area contributed by atoms with Gasteiger partial charge in [-0.25, -0.2) is 4.57 Å². The molecule has 1 amide bonds. The number of carbonyl (C=O) groups is 2. The number of Topliss-reactive ketones (excluding diaryl/α,β-unsaturated/α-hetero) is 1. The van der Waals surface area contributed by atoms with Gasteiger partial charge >= 0.3 is 10.2 Å². The molecule has 31 heavy (non-hydrogen) atoms. The van der Waals surface area contributed by atoms with E-state index in [1.807, 2.05) is 10.6 Å². The van der Waals surface area contributed by atoms with Crippen LogP contribution in [0, 0.1) is 0 Å². The molecule has 164 valence electrons. The number of anilines is 1. The summed E-state index contributed by atoms with van der Waals surface area (Å²) in [6.07, 6.45) is 3.58. The maximum atomic E-state index is 12.9. The molecule has 0 aliphatic carbocycles. The first-order valence-corrected chi connectivity index (χ1v) is 10.4. The number of pyridine rings is 1. The van der Waals surface area contributed by atoms with Crippen LogP contribution in [-0.2, 0) is 21.6 Å². The molecule has 9 heteroatoms. The smallest absolute Gasteiger partial charge is 0.332 e. The molecule has 0 saturated heterocycles. The molecule has 0 fully saturated rings. The SMILES string of the molecule is CC(C)=O.O=C(Nc1cc[n+](Cc2ccc(S(=O)(=O)F)cc2)cc1)c1ccccc1.[Br-]. The quantitative estimate of drug-likeness (QED) is 0.402. The average molecular weight is 509 g/mol. The highest BCUT2D eigenvalue weighted by atomic mass is 79.9. The summed E-state index contributed by atoms with van der Waals surface area (Å²) in [7, 11) is -4.68. The zero-order valence-corrected chi connectivity index (χ0v) is 19.4. The van der Waals surface area contributed by atoms with E-state index in [9.17, 15) is 21.9 Å². The molecular weight excluding hydrogens is 487 g/mol. The van der Waals surface area contributed by atoms with Gasteiger partial charge in [-0.3, -0.25) is 4.79 Å². The molecule has 0 aliphatic heterocycles. The summed E-state index contributed by atoms with van der Waals surface area (Å²) in [5.41, 5.74) is 2.06. The Morgan fingerprint density at radius 1 is 0.903 bits per heavy atom. The average Bonchev–Trinajstić information content (AvgIpc) is 2.69. The molecule has 0 spiro atoms. The summed E-state index contributed by atoms with van der Waals surface area (Å²) >= 11 is 0. The van der Waals surface area contributed by atoms with Gasteiger partial charge in [0.2, 0.25) is 0 Å². The highest BCUT2D eigenvalue weighted by Crippen LogP contribution is 2.13. The van der Waals surface area contributed by atoms with Crippen LogP contribution in [0.1, 0.15) is 29.8 Å². The number of benzene rings is 2. The fourth-order valence-electron chi connectivity index (χ4n) is 2.41. The molecule has 2 aromatic carbocycles. The lowest BCUT2D eigenvalue weighted by Gasteiger charge is -2.05. The Bertz CT molecular complexity index is 1100. The van der Waals surface area contributed by atoms with Crippen molar-refractivity contribution in [2.45, 2.75) is 25.3 Å². The third-order valence-electron chi connectivity index (χ3n) is 3.76. The minimum atomic E-state index is -4.68. The summed E-state index contributed by atoms with van der Waals surface area (Å²) in [6.45, 7) is 3.54. The normalized spacial score (nSPS) is 10.2. The standard InChI is InChI=1S/C19H15FN2O3S.C3H6O.BrH/c20-26(24,25)18-8-6-15(7-9-18)14-22-12-10-17(11-13-22)21-19(23)16-4-2-1-3-5-16;1-3(2)4;/h1-13H,14H2;1-2H3;1H. The Morgan fingerprint density at radius 2 is 1.42 bits per heavy atom. The molecule has 3 aromatic rings. The van der Waals surface area contributed by atoms with Crippen molar-refractivity contribution in [3.63, 3.8) is 0 Å². The molecule has 0 saturated carbocycles. The number of aromatic nitrogens is 1. The zero-order chi connectivity index (χ0) is 22.1. The van der Waals surface area contributed by atoms with Crippen LogP contribution < -0.4 is 26.9 Å². The Labute approximate surface area is 191 Å². The van der Waals surface area contributed by atoms with E-state index in [-0.39, 0.29) is 33.6 Å². The first-order chi connectivity index (χ1) is 14.1. The van der Waals surface area contributed by atoms with Gasteiger partial charge in [-0.05, 0) is 38.1 Å². The highest BCUT2D eigenvalue weighted by Gasteiger charge is 2.12. The molecular formula is C22H22BrFN2O4S. The largest absolute Gasteiger partial charge is 1.00 e. The van der Waals surface area contributed by atoms with Gasteiger partial charge in [0, 0.05) is 23.3 Å². The van der Waals surface area contributed by atoms with Gasteiger partial charge in [0.15, 0.2) is 18.9 Å². The summed E-state index contributed by atoms with van der Waals surface area (Å²) in [4.78, 5) is 21.2. The summed E-state index contributed by atoms with van der Waals surface area (Å²) < 4.78 is 36.4. The highest BCUT2D eigenvalue weighted by molar-refractivity contribution is 7.86. The Kier molecular flexibility index (Phi) is 10.2. The fourth-order valence-corrected chi connectivity index (χ4v) is 2.87. The van der Waals surface area contributed by atoms with E-state index >= 15 is 0 Å². The second-order valence-corrected chi connectivity index (χ2v) is 7.92. The Hall–Kier alpha value is -2.91. The Balaban J connectivity index is 0.000000885. The predicted molar refractivity (Wildman–Crippen MR) is 111 cm³/mol. The van der Waals surface area contributed by atoms with Crippen LogP contribution in [0.25, 0.3) is 0 Å². The first kappa shape index (κ1) is 26.1. The Morgan fingerprint density at radius 3 is 1.90 bits per heavy atom. The lowest BCUT2D eigenvalue weighted by molar-refractivity contribution is -0.688. The van der Waals surface area contributed by atoms with Gasteiger partial charge in [-0.15, -0.1) is 3.89 Å². The van der Waals surface area contributed by atoms with E-state index in [2.05, 4.69) is 5.32 Å². The molecule has 3 rings (SSSR count). The van der Waals surface area contributed by atoms with E-state index in [4.69, 9.17) is 0 Å². The second-order valence-electron chi connectivity index (χ2n) is 6.57. The summed E-state index contributed by atoms with van der Waals surface area (Å²) in [6, 6.07) is 18.0. The monoisotopic (exact) mass is 508 g/mol. The number of hydrogen-bond acceptors (Lipinski definition) is 4. The molecule has 0 unspecified atom stereocenters. The molecule has 1 N–H and O–H groups in total. The zero-order valence-electron chi connectivity index (χ0n) is 17.0. The van der Waals surface area contributed by atoms with E-state index in [0.717, 1.165) is 5.56 Å². The summed E-state index contributed by atoms with van der Waals surface area (Å²) in [5.74, 6) is -0.0219. The molecule has 0 radical (unpaired) electrons. The molecule has 0 atom stereocenters. The van der Waals surface area contributed by atoms with E-state index in [1.165, 1.54) is 26.0 Å². The van der Waals surface area contributed by atoms with Crippen molar-refractivity contribution >= 4 is 27.6 Å². The van der Waals surface area contributed by atoms with Crippen molar-refractivity contribution < 1.29 is 43.4 Å². The van der Waals surface area contributed by atoms with Crippen LogP contribution in [0.15, 0.2) is 84.0 Å². The van der Waals surface area contributed by atoms with Crippen molar-refractivity contribution in [3.8, 4) is 0 Å². The van der Waals surface area contributed by atoms with Crippen molar-refractivity contribution in [3.05, 3.63) is 90.3 Å². The van der Waals surface area contributed by atoms with Crippen LogP contribution >= 0.6 is 0 Å². The third-order valence-corrected chi connectivity index (χ3v) is 4.59. The number of amides is 1. The predicted octanol–water partition coefficient (Wildman–Crippen LogP) is 0.532. The molecule has 1 aromatic heterocycles. The van der Waals surface area contributed by atoms with Gasteiger partial charge in [0.05, 0.1) is 10.6 Å². The number of ketones is 1. The first-order valence-electron chi connectivity index (χ1n) is 9.01. The van der Waals surface area contributed by atoms with Crippen LogP contribution in [0.4, 0.5) is 9.57 Å².